The Morgan fingerprint density at radius 1 is 1.33 bits per heavy atom. The smallest absolute Gasteiger partial charge is 0.190 e. The first-order chi connectivity index (χ1) is 3.95. The molecule has 0 aromatic rings. The summed E-state index contributed by atoms with van der Waals surface area (Å²) < 4.78 is 9.46. The average molecular weight is 167 g/mol. The lowest BCUT2D eigenvalue weighted by molar-refractivity contribution is -0.195. The molecule has 0 aliphatic carbocycles. The minimum Gasteiger partial charge on any atom is -0.787 e. The minimum absolute atomic E-state index is 1.37. The summed E-state index contributed by atoms with van der Waals surface area (Å²) in [6, 6.07) is 0. The summed E-state index contributed by atoms with van der Waals surface area (Å²) in [4.78, 5) is 10.6. The molecule has 9 heavy (non-hydrogen) atoms. The predicted octanol–water partition coefficient (Wildman–Crippen LogP) is 1.07. The van der Waals surface area contributed by atoms with Crippen molar-refractivity contribution in [1.82, 2.24) is 0 Å². The molecule has 0 aliphatic heterocycles. The Kier molecular flexibility index (Phi) is 3.85. The van der Waals surface area contributed by atoms with Crippen LogP contribution >= 0.6 is 8.60 Å². The lowest BCUT2D eigenvalue weighted by Gasteiger charge is -2.27. The summed E-state index contributed by atoms with van der Waals surface area (Å²) in [6.45, 7) is 5.87. The standard InChI is InChI=1S/C4H12O3PSi/c1-6-8(5)7-9(2,3)4/h1-4H3/q-1. The molecule has 0 aliphatic rings. The lowest BCUT2D eigenvalue weighted by atomic mass is 11.8. The van der Waals surface area contributed by atoms with Gasteiger partial charge in [-0.3, -0.25) is 0 Å². The third kappa shape index (κ3) is 6.41. The van der Waals surface area contributed by atoms with E-state index in [0.717, 1.165) is 0 Å². The zero-order chi connectivity index (χ0) is 7.49. The van der Waals surface area contributed by atoms with Gasteiger partial charge in [0.1, 0.15) is 0 Å². The van der Waals surface area contributed by atoms with Crippen molar-refractivity contribution in [3.05, 3.63) is 0 Å². The van der Waals surface area contributed by atoms with E-state index in [1.165, 1.54) is 7.11 Å². The summed E-state index contributed by atoms with van der Waals surface area (Å²) in [5.74, 6) is 0. The molecule has 0 rings (SSSR count). The van der Waals surface area contributed by atoms with E-state index in [2.05, 4.69) is 4.52 Å². The van der Waals surface area contributed by atoms with Crippen LogP contribution in [0.4, 0.5) is 0 Å². The molecule has 1 atom stereocenters. The predicted molar refractivity (Wildman–Crippen MR) is 38.4 cm³/mol. The summed E-state index contributed by atoms with van der Waals surface area (Å²) in [5.41, 5.74) is 0. The molecule has 0 amide bonds. The highest BCUT2D eigenvalue weighted by Crippen LogP contribution is 2.30. The zero-order valence-corrected chi connectivity index (χ0v) is 8.07. The van der Waals surface area contributed by atoms with Crippen molar-refractivity contribution in [3.8, 4) is 0 Å². The van der Waals surface area contributed by atoms with E-state index in [1.807, 2.05) is 19.6 Å². The molecule has 0 N–H and O–H groups in total. The Labute approximate surface area is 58.1 Å². The molecule has 5 heteroatoms. The van der Waals surface area contributed by atoms with Gasteiger partial charge in [0, 0.05) is 7.11 Å². The van der Waals surface area contributed by atoms with Crippen LogP contribution in [-0.2, 0) is 8.74 Å². The largest absolute Gasteiger partial charge is 0.787 e. The normalized spacial score (nSPS) is 15.7. The first-order valence-corrected chi connectivity index (χ1v) is 7.16. The first kappa shape index (κ1) is 9.53. The molecule has 0 saturated heterocycles. The Balaban J connectivity index is 3.47. The van der Waals surface area contributed by atoms with E-state index in [1.54, 1.807) is 0 Å². The molecular weight excluding hydrogens is 155 g/mol. The Morgan fingerprint density at radius 3 is 1.89 bits per heavy atom. The van der Waals surface area contributed by atoms with Crippen molar-refractivity contribution in [2.24, 2.45) is 0 Å². The molecule has 0 heterocycles. The monoisotopic (exact) mass is 167 g/mol. The summed E-state index contributed by atoms with van der Waals surface area (Å²) >= 11 is 0. The van der Waals surface area contributed by atoms with Gasteiger partial charge in [-0.1, -0.05) is 0 Å². The molecule has 0 aromatic heterocycles. The summed E-state index contributed by atoms with van der Waals surface area (Å²) in [7, 11) is -2.13. The molecule has 0 fully saturated rings. The van der Waals surface area contributed by atoms with E-state index >= 15 is 0 Å². The van der Waals surface area contributed by atoms with Crippen LogP contribution in [0.2, 0.25) is 19.6 Å². The zero-order valence-electron chi connectivity index (χ0n) is 6.17. The van der Waals surface area contributed by atoms with Crippen LogP contribution in [0.25, 0.3) is 0 Å². The van der Waals surface area contributed by atoms with Crippen molar-refractivity contribution < 1.29 is 13.6 Å². The Morgan fingerprint density at radius 2 is 1.78 bits per heavy atom. The third-order valence-corrected chi connectivity index (χ3v) is 3.58. The maximum absolute atomic E-state index is 10.6. The van der Waals surface area contributed by atoms with Crippen LogP contribution in [0, 0.1) is 0 Å². The summed E-state index contributed by atoms with van der Waals surface area (Å²) in [6.07, 6.45) is 0. The van der Waals surface area contributed by atoms with Gasteiger partial charge in [-0.15, -0.1) is 0 Å². The lowest BCUT2D eigenvalue weighted by Crippen LogP contribution is -2.25. The fourth-order valence-electron chi connectivity index (χ4n) is 0.261. The van der Waals surface area contributed by atoms with E-state index in [0.29, 0.717) is 0 Å². The molecule has 56 valence electrons. The van der Waals surface area contributed by atoms with Crippen LogP contribution in [0.1, 0.15) is 0 Å². The number of rotatable bonds is 3. The maximum atomic E-state index is 10.6. The van der Waals surface area contributed by atoms with Gasteiger partial charge in [-0.2, -0.15) is 0 Å². The van der Waals surface area contributed by atoms with Crippen LogP contribution in [0.15, 0.2) is 0 Å². The topological polar surface area (TPSA) is 41.5 Å². The van der Waals surface area contributed by atoms with Gasteiger partial charge < -0.3 is 13.6 Å². The molecule has 0 aromatic carbocycles. The SMILES string of the molecule is COP([O-])O[Si](C)(C)C. The number of hydrogen-bond donors (Lipinski definition) is 0. The average Bonchev–Trinajstić information content (AvgIpc) is 1.62. The molecule has 0 saturated carbocycles. The van der Waals surface area contributed by atoms with E-state index < -0.39 is 16.9 Å². The van der Waals surface area contributed by atoms with E-state index in [4.69, 9.17) is 4.21 Å². The molecule has 0 bridgehead atoms. The highest BCUT2D eigenvalue weighted by atomic mass is 31.2. The molecule has 0 spiro atoms. The van der Waals surface area contributed by atoms with Crippen LogP contribution in [-0.4, -0.2) is 15.4 Å². The van der Waals surface area contributed by atoms with Gasteiger partial charge in [-0.25, -0.2) is 0 Å². The van der Waals surface area contributed by atoms with Gasteiger partial charge in [0.2, 0.25) is 0 Å². The van der Waals surface area contributed by atoms with Crippen LogP contribution in [0.5, 0.6) is 0 Å². The first-order valence-electron chi connectivity index (χ1n) is 2.66. The fraction of sp³-hybridized carbons (Fsp3) is 1.00. The van der Waals surface area contributed by atoms with Gasteiger partial charge in [0.15, 0.2) is 8.32 Å². The van der Waals surface area contributed by atoms with E-state index in [9.17, 15) is 4.89 Å². The van der Waals surface area contributed by atoms with Crippen molar-refractivity contribution in [2.45, 2.75) is 19.6 Å². The fourth-order valence-corrected chi connectivity index (χ4v) is 2.35. The van der Waals surface area contributed by atoms with Crippen LogP contribution < -0.4 is 4.89 Å². The highest BCUT2D eigenvalue weighted by molar-refractivity contribution is 7.41. The second-order valence-electron chi connectivity index (χ2n) is 2.61. The molecular formula is C4H12O3PSi-. The molecule has 1 unspecified atom stereocenters. The highest BCUT2D eigenvalue weighted by Gasteiger charge is 2.15. The Bertz CT molecular complexity index is 82.4. The van der Waals surface area contributed by atoms with Crippen molar-refractivity contribution in [2.75, 3.05) is 7.11 Å². The Hall–Kier alpha value is 0.527. The van der Waals surface area contributed by atoms with Gasteiger partial charge >= 0.3 is 0 Å². The second kappa shape index (κ2) is 3.64. The van der Waals surface area contributed by atoms with Gasteiger partial charge in [0.25, 0.3) is 0 Å². The number of hydrogen-bond acceptors (Lipinski definition) is 3. The maximum Gasteiger partial charge on any atom is 0.190 e. The van der Waals surface area contributed by atoms with Crippen LogP contribution in [0.3, 0.4) is 0 Å². The second-order valence-corrected chi connectivity index (χ2v) is 8.38. The third-order valence-electron chi connectivity index (χ3n) is 0.497. The van der Waals surface area contributed by atoms with Crippen molar-refractivity contribution in [3.63, 3.8) is 0 Å². The minimum atomic E-state index is -1.85. The van der Waals surface area contributed by atoms with Crippen molar-refractivity contribution in [1.29, 1.82) is 0 Å². The summed E-state index contributed by atoms with van der Waals surface area (Å²) in [5, 5.41) is 0. The van der Waals surface area contributed by atoms with Gasteiger partial charge in [-0.05, 0) is 19.6 Å². The molecule has 3 nitrogen and oxygen atoms in total. The van der Waals surface area contributed by atoms with Crippen molar-refractivity contribution >= 4 is 16.9 Å². The molecule has 0 radical (unpaired) electrons. The van der Waals surface area contributed by atoms with Gasteiger partial charge in [0.05, 0.1) is 8.60 Å². The quantitative estimate of drug-likeness (QED) is 0.466. The van der Waals surface area contributed by atoms with E-state index in [-0.39, 0.29) is 0 Å².